The highest BCUT2D eigenvalue weighted by Crippen LogP contribution is 2.21. The monoisotopic (exact) mass is 344 g/mol. The number of carbonyl (C=O) groups is 1. The van der Waals surface area contributed by atoms with Crippen LogP contribution in [0, 0.1) is 11.6 Å². The minimum Gasteiger partial charge on any atom is -0.294 e. The Hall–Kier alpha value is -1.26. The fourth-order valence-corrected chi connectivity index (χ4v) is 2.19. The summed E-state index contributed by atoms with van der Waals surface area (Å²) in [7, 11) is 0. The summed E-state index contributed by atoms with van der Waals surface area (Å²) in [5.41, 5.74) is 0.390. The van der Waals surface area contributed by atoms with Gasteiger partial charge < -0.3 is 0 Å². The molecule has 0 fully saturated rings. The van der Waals surface area contributed by atoms with Crippen LogP contribution in [0.1, 0.15) is 15.9 Å². The van der Waals surface area contributed by atoms with Crippen LogP contribution in [0.3, 0.4) is 0 Å². The predicted octanol–water partition coefficient (Wildman–Crippen LogP) is 4.81. The normalized spacial score (nSPS) is 10.5. The van der Waals surface area contributed by atoms with Crippen molar-refractivity contribution in [3.8, 4) is 0 Å². The average Bonchev–Trinajstić information content (AvgIpc) is 2.33. The second-order valence-corrected chi connectivity index (χ2v) is 5.27. The van der Waals surface area contributed by atoms with Gasteiger partial charge in [-0.05, 0) is 45.8 Å². The van der Waals surface area contributed by atoms with Crippen molar-refractivity contribution in [1.29, 1.82) is 0 Å². The van der Waals surface area contributed by atoms with Crippen LogP contribution < -0.4 is 0 Å². The van der Waals surface area contributed by atoms with Crippen LogP contribution in [-0.4, -0.2) is 5.78 Å². The summed E-state index contributed by atoms with van der Waals surface area (Å²) in [6.07, 6.45) is -0.0292. The van der Waals surface area contributed by atoms with Gasteiger partial charge in [-0.1, -0.05) is 23.7 Å². The molecule has 5 heteroatoms. The van der Waals surface area contributed by atoms with Gasteiger partial charge >= 0.3 is 0 Å². The summed E-state index contributed by atoms with van der Waals surface area (Å²) in [5, 5.41) is 0.493. The molecule has 2 aromatic rings. The van der Waals surface area contributed by atoms with Gasteiger partial charge in [0.1, 0.15) is 11.6 Å². The van der Waals surface area contributed by atoms with Crippen molar-refractivity contribution in [1.82, 2.24) is 0 Å². The van der Waals surface area contributed by atoms with Gasteiger partial charge in [0, 0.05) is 11.4 Å². The van der Waals surface area contributed by atoms with Crippen molar-refractivity contribution in [3.63, 3.8) is 0 Å². The van der Waals surface area contributed by atoms with Gasteiger partial charge in [0.25, 0.3) is 0 Å². The number of halogens is 4. The fraction of sp³-hybridized carbons (Fsp3) is 0.0714. The Kier molecular flexibility index (Phi) is 4.32. The van der Waals surface area contributed by atoms with Crippen LogP contribution in [0.4, 0.5) is 8.78 Å². The molecular weight excluding hydrogens is 338 g/mol. The maximum atomic E-state index is 13.6. The summed E-state index contributed by atoms with van der Waals surface area (Å²) >= 11 is 8.66. The molecule has 0 aliphatic rings. The molecule has 0 aliphatic heterocycles. The highest BCUT2D eigenvalue weighted by atomic mass is 79.9. The van der Waals surface area contributed by atoms with Crippen molar-refractivity contribution >= 4 is 33.3 Å². The van der Waals surface area contributed by atoms with E-state index in [2.05, 4.69) is 15.9 Å². The summed E-state index contributed by atoms with van der Waals surface area (Å²) < 4.78 is 26.9. The molecule has 19 heavy (non-hydrogen) atoms. The lowest BCUT2D eigenvalue weighted by molar-refractivity contribution is 0.0988. The average molecular weight is 346 g/mol. The molecule has 0 atom stereocenters. The van der Waals surface area contributed by atoms with E-state index in [0.717, 1.165) is 12.1 Å². The number of hydrogen-bond acceptors (Lipinski definition) is 1. The van der Waals surface area contributed by atoms with E-state index in [9.17, 15) is 13.6 Å². The van der Waals surface area contributed by atoms with Gasteiger partial charge in [-0.2, -0.15) is 0 Å². The standard InChI is InChI=1S/C14H8BrClF2O/c15-11-7-12(17)10(6-13(11)18)14(19)5-8-2-1-3-9(16)4-8/h1-4,6-7H,5H2. The van der Waals surface area contributed by atoms with Crippen molar-refractivity contribution in [3.05, 3.63) is 68.7 Å². The summed E-state index contributed by atoms with van der Waals surface area (Å²) in [4.78, 5) is 11.9. The Bertz CT molecular complexity index is 643. The van der Waals surface area contributed by atoms with E-state index >= 15 is 0 Å². The Balaban J connectivity index is 2.28. The molecule has 0 amide bonds. The number of benzene rings is 2. The van der Waals surface area contributed by atoms with Gasteiger partial charge in [0.2, 0.25) is 0 Å². The fourth-order valence-electron chi connectivity index (χ4n) is 1.66. The van der Waals surface area contributed by atoms with Crippen LogP contribution >= 0.6 is 27.5 Å². The lowest BCUT2D eigenvalue weighted by Gasteiger charge is -2.05. The zero-order valence-electron chi connectivity index (χ0n) is 9.59. The molecular formula is C14H8BrClF2O. The smallest absolute Gasteiger partial charge is 0.170 e. The molecule has 2 rings (SSSR count). The zero-order valence-corrected chi connectivity index (χ0v) is 11.9. The van der Waals surface area contributed by atoms with Crippen LogP contribution in [0.15, 0.2) is 40.9 Å². The third kappa shape index (κ3) is 3.39. The Morgan fingerprint density at radius 2 is 1.89 bits per heavy atom. The minimum atomic E-state index is -0.750. The van der Waals surface area contributed by atoms with E-state index in [0.29, 0.717) is 10.6 Å². The lowest BCUT2D eigenvalue weighted by atomic mass is 10.0. The molecule has 0 N–H and O–H groups in total. The molecule has 0 spiro atoms. The van der Waals surface area contributed by atoms with Crippen LogP contribution in [0.25, 0.3) is 0 Å². The Morgan fingerprint density at radius 1 is 1.16 bits per heavy atom. The summed E-state index contributed by atoms with van der Waals surface area (Å²) in [5.74, 6) is -1.91. The van der Waals surface area contributed by atoms with Gasteiger partial charge in [-0.25, -0.2) is 8.78 Å². The molecule has 98 valence electrons. The number of rotatable bonds is 3. The van der Waals surface area contributed by atoms with Gasteiger partial charge in [-0.15, -0.1) is 0 Å². The Labute approximate surface area is 122 Å². The van der Waals surface area contributed by atoms with Crippen molar-refractivity contribution in [2.75, 3.05) is 0 Å². The minimum absolute atomic E-state index is 0.00990. The zero-order chi connectivity index (χ0) is 14.0. The Morgan fingerprint density at radius 3 is 2.58 bits per heavy atom. The largest absolute Gasteiger partial charge is 0.294 e. The van der Waals surface area contributed by atoms with E-state index in [1.165, 1.54) is 0 Å². The van der Waals surface area contributed by atoms with Crippen LogP contribution in [-0.2, 0) is 6.42 Å². The molecule has 0 radical (unpaired) electrons. The number of hydrogen-bond donors (Lipinski definition) is 0. The first-order valence-electron chi connectivity index (χ1n) is 5.39. The quantitative estimate of drug-likeness (QED) is 0.576. The van der Waals surface area contributed by atoms with Crippen molar-refractivity contribution in [2.45, 2.75) is 6.42 Å². The third-order valence-corrected chi connectivity index (χ3v) is 3.41. The highest BCUT2D eigenvalue weighted by molar-refractivity contribution is 9.10. The summed E-state index contributed by atoms with van der Waals surface area (Å²) in [6.45, 7) is 0. The van der Waals surface area contributed by atoms with Crippen molar-refractivity contribution < 1.29 is 13.6 Å². The van der Waals surface area contributed by atoms with Crippen molar-refractivity contribution in [2.24, 2.45) is 0 Å². The molecule has 0 aromatic heterocycles. The SMILES string of the molecule is O=C(Cc1cccc(Cl)c1)c1cc(F)c(Br)cc1F. The lowest BCUT2D eigenvalue weighted by Crippen LogP contribution is -2.07. The second kappa shape index (κ2) is 5.80. The first-order chi connectivity index (χ1) is 8.97. The third-order valence-electron chi connectivity index (χ3n) is 2.56. The van der Waals surface area contributed by atoms with Gasteiger partial charge in [-0.3, -0.25) is 4.79 Å². The molecule has 0 aliphatic carbocycles. The predicted molar refractivity (Wildman–Crippen MR) is 73.5 cm³/mol. The topological polar surface area (TPSA) is 17.1 Å². The maximum absolute atomic E-state index is 13.6. The number of ketones is 1. The van der Waals surface area contributed by atoms with Crippen LogP contribution in [0.2, 0.25) is 5.02 Å². The molecule has 0 bridgehead atoms. The van der Waals surface area contributed by atoms with E-state index in [1.54, 1.807) is 24.3 Å². The molecule has 0 saturated heterocycles. The molecule has 2 aromatic carbocycles. The maximum Gasteiger partial charge on any atom is 0.170 e. The second-order valence-electron chi connectivity index (χ2n) is 3.98. The van der Waals surface area contributed by atoms with E-state index in [4.69, 9.17) is 11.6 Å². The molecule has 0 saturated carbocycles. The molecule has 1 nitrogen and oxygen atoms in total. The van der Waals surface area contributed by atoms with Gasteiger partial charge in [0.05, 0.1) is 10.0 Å². The number of carbonyl (C=O) groups excluding carboxylic acids is 1. The molecule has 0 unspecified atom stereocenters. The first kappa shape index (κ1) is 14.2. The molecule has 0 heterocycles. The first-order valence-corrected chi connectivity index (χ1v) is 6.56. The number of Topliss-reactive ketones (excluding diaryl/α,β-unsaturated/α-hetero) is 1. The van der Waals surface area contributed by atoms with E-state index < -0.39 is 17.4 Å². The van der Waals surface area contributed by atoms with Gasteiger partial charge in [0.15, 0.2) is 5.78 Å². The summed E-state index contributed by atoms with van der Waals surface area (Å²) in [6, 6.07) is 8.54. The van der Waals surface area contributed by atoms with E-state index in [-0.39, 0.29) is 16.5 Å². The highest BCUT2D eigenvalue weighted by Gasteiger charge is 2.15. The van der Waals surface area contributed by atoms with Crippen LogP contribution in [0.5, 0.6) is 0 Å². The van der Waals surface area contributed by atoms with E-state index in [1.807, 2.05) is 0 Å².